The van der Waals surface area contributed by atoms with Gasteiger partial charge in [-0.05, 0) is 19.1 Å². The molecule has 0 aliphatic carbocycles. The van der Waals surface area contributed by atoms with E-state index in [0.29, 0.717) is 0 Å². The van der Waals surface area contributed by atoms with Crippen LogP contribution in [-0.4, -0.2) is 10.2 Å². The van der Waals surface area contributed by atoms with E-state index in [-0.39, 0.29) is 6.04 Å². The highest BCUT2D eigenvalue weighted by atomic mass is 16.3. The van der Waals surface area contributed by atoms with Crippen molar-refractivity contribution in [1.29, 1.82) is 0 Å². The summed E-state index contributed by atoms with van der Waals surface area (Å²) in [7, 11) is 0. The van der Waals surface area contributed by atoms with Gasteiger partial charge in [0.25, 0.3) is 0 Å². The topological polar surface area (TPSA) is 53.9 Å². The van der Waals surface area contributed by atoms with Gasteiger partial charge in [-0.15, -0.1) is 0 Å². The predicted molar refractivity (Wildman–Crippen MR) is 61.9 cm³/mol. The lowest BCUT2D eigenvalue weighted by Gasteiger charge is -2.10. The molecule has 16 heavy (non-hydrogen) atoms. The van der Waals surface area contributed by atoms with Crippen LogP contribution in [-0.2, 0) is 13.0 Å². The first-order valence-electron chi connectivity index (χ1n) is 5.59. The summed E-state index contributed by atoms with van der Waals surface area (Å²) in [6.45, 7) is 4.94. The van der Waals surface area contributed by atoms with Crippen molar-refractivity contribution >= 4 is 0 Å². The van der Waals surface area contributed by atoms with Crippen LogP contribution in [0.2, 0.25) is 0 Å². The van der Waals surface area contributed by atoms with Crippen molar-refractivity contribution in [2.75, 3.05) is 0 Å². The van der Waals surface area contributed by atoms with Gasteiger partial charge in [0.05, 0.1) is 12.7 Å². The molecule has 2 rings (SSSR count). The van der Waals surface area contributed by atoms with Gasteiger partial charge in [-0.3, -0.25) is 5.10 Å². The number of hydrogen-bond acceptors (Lipinski definition) is 3. The zero-order valence-corrected chi connectivity index (χ0v) is 9.66. The van der Waals surface area contributed by atoms with Crippen LogP contribution in [0.5, 0.6) is 0 Å². The van der Waals surface area contributed by atoms with Gasteiger partial charge in [0.2, 0.25) is 0 Å². The number of furan rings is 1. The maximum atomic E-state index is 5.61. The SMILES string of the molecule is CCc1ccc(CNC(C)c2cn[nH]c2)o1. The molecular weight excluding hydrogens is 202 g/mol. The monoisotopic (exact) mass is 219 g/mol. The lowest BCUT2D eigenvalue weighted by Crippen LogP contribution is -2.17. The van der Waals surface area contributed by atoms with Crippen LogP contribution < -0.4 is 5.32 Å². The summed E-state index contributed by atoms with van der Waals surface area (Å²) in [6, 6.07) is 4.32. The first-order chi connectivity index (χ1) is 7.79. The van der Waals surface area contributed by atoms with Gasteiger partial charge in [-0.2, -0.15) is 5.10 Å². The first-order valence-corrected chi connectivity index (χ1v) is 5.59. The highest BCUT2D eigenvalue weighted by molar-refractivity contribution is 5.10. The smallest absolute Gasteiger partial charge is 0.117 e. The Labute approximate surface area is 95.1 Å². The normalized spacial score (nSPS) is 12.9. The van der Waals surface area contributed by atoms with Crippen molar-refractivity contribution in [3.05, 3.63) is 41.6 Å². The van der Waals surface area contributed by atoms with Crippen LogP contribution >= 0.6 is 0 Å². The summed E-state index contributed by atoms with van der Waals surface area (Å²) in [5, 5.41) is 10.1. The third-order valence-electron chi connectivity index (χ3n) is 2.67. The van der Waals surface area contributed by atoms with Gasteiger partial charge in [0.15, 0.2) is 0 Å². The Morgan fingerprint density at radius 3 is 2.88 bits per heavy atom. The van der Waals surface area contributed by atoms with Crippen LogP contribution in [0.1, 0.15) is 37.0 Å². The molecule has 0 aromatic carbocycles. The van der Waals surface area contributed by atoms with E-state index in [0.717, 1.165) is 30.0 Å². The molecule has 1 atom stereocenters. The maximum absolute atomic E-state index is 5.61. The van der Waals surface area contributed by atoms with E-state index < -0.39 is 0 Å². The second-order valence-electron chi connectivity index (χ2n) is 3.86. The molecule has 2 aromatic rings. The van der Waals surface area contributed by atoms with Gasteiger partial charge < -0.3 is 9.73 Å². The Kier molecular flexibility index (Phi) is 3.41. The van der Waals surface area contributed by atoms with E-state index >= 15 is 0 Å². The second kappa shape index (κ2) is 4.99. The average molecular weight is 219 g/mol. The molecule has 2 aromatic heterocycles. The van der Waals surface area contributed by atoms with Crippen LogP contribution in [0.4, 0.5) is 0 Å². The van der Waals surface area contributed by atoms with E-state index in [2.05, 4.69) is 29.4 Å². The maximum Gasteiger partial charge on any atom is 0.117 e. The molecular formula is C12H17N3O. The number of aromatic amines is 1. The van der Waals surface area contributed by atoms with Crippen molar-refractivity contribution in [1.82, 2.24) is 15.5 Å². The summed E-state index contributed by atoms with van der Waals surface area (Å²) >= 11 is 0. The minimum Gasteiger partial charge on any atom is -0.465 e. The van der Waals surface area contributed by atoms with E-state index in [4.69, 9.17) is 4.42 Å². The summed E-state index contributed by atoms with van der Waals surface area (Å²) in [6.07, 6.45) is 4.67. The zero-order chi connectivity index (χ0) is 11.4. The predicted octanol–water partition coefficient (Wildman–Crippen LogP) is 2.42. The number of aryl methyl sites for hydroxylation is 1. The third-order valence-corrected chi connectivity index (χ3v) is 2.67. The molecule has 0 spiro atoms. The standard InChI is InChI=1S/C12H17N3O/c1-3-11-4-5-12(16-11)8-13-9(2)10-6-14-15-7-10/h4-7,9,13H,3,8H2,1-2H3,(H,14,15). The van der Waals surface area contributed by atoms with Crippen LogP contribution in [0.25, 0.3) is 0 Å². The number of nitrogens with one attached hydrogen (secondary N) is 2. The fourth-order valence-corrected chi connectivity index (χ4v) is 1.58. The molecule has 2 N–H and O–H groups in total. The molecule has 0 bridgehead atoms. The molecule has 4 heteroatoms. The average Bonchev–Trinajstić information content (AvgIpc) is 2.96. The van der Waals surface area contributed by atoms with Gasteiger partial charge in [-0.25, -0.2) is 0 Å². The largest absolute Gasteiger partial charge is 0.465 e. The first kappa shape index (κ1) is 11.0. The zero-order valence-electron chi connectivity index (χ0n) is 9.66. The summed E-state index contributed by atoms with van der Waals surface area (Å²) in [5.41, 5.74) is 1.15. The molecule has 4 nitrogen and oxygen atoms in total. The minimum absolute atomic E-state index is 0.272. The Balaban J connectivity index is 1.87. The van der Waals surface area contributed by atoms with Crippen molar-refractivity contribution in [3.63, 3.8) is 0 Å². The van der Waals surface area contributed by atoms with Crippen molar-refractivity contribution < 1.29 is 4.42 Å². The summed E-state index contributed by atoms with van der Waals surface area (Å²) in [5.74, 6) is 2.01. The highest BCUT2D eigenvalue weighted by Gasteiger charge is 2.07. The molecule has 0 radical (unpaired) electrons. The molecule has 1 unspecified atom stereocenters. The molecule has 0 saturated carbocycles. The van der Waals surface area contributed by atoms with Crippen molar-refractivity contribution in [2.45, 2.75) is 32.9 Å². The van der Waals surface area contributed by atoms with Crippen LogP contribution in [0, 0.1) is 0 Å². The summed E-state index contributed by atoms with van der Waals surface area (Å²) in [4.78, 5) is 0. The lowest BCUT2D eigenvalue weighted by atomic mass is 10.2. The Hall–Kier alpha value is -1.55. The van der Waals surface area contributed by atoms with Gasteiger partial charge in [-0.1, -0.05) is 6.92 Å². The molecule has 86 valence electrons. The fraction of sp³-hybridized carbons (Fsp3) is 0.417. The Morgan fingerprint density at radius 1 is 1.44 bits per heavy atom. The fourth-order valence-electron chi connectivity index (χ4n) is 1.58. The minimum atomic E-state index is 0.272. The highest BCUT2D eigenvalue weighted by Crippen LogP contribution is 2.12. The number of rotatable bonds is 5. The molecule has 0 fully saturated rings. The van der Waals surface area contributed by atoms with Crippen LogP contribution in [0.15, 0.2) is 28.9 Å². The quantitative estimate of drug-likeness (QED) is 0.812. The molecule has 0 amide bonds. The lowest BCUT2D eigenvalue weighted by molar-refractivity contribution is 0.435. The summed E-state index contributed by atoms with van der Waals surface area (Å²) < 4.78 is 5.61. The number of H-pyrrole nitrogens is 1. The second-order valence-corrected chi connectivity index (χ2v) is 3.86. The van der Waals surface area contributed by atoms with Gasteiger partial charge in [0, 0.05) is 24.2 Å². The van der Waals surface area contributed by atoms with Gasteiger partial charge >= 0.3 is 0 Å². The van der Waals surface area contributed by atoms with E-state index in [1.54, 1.807) is 0 Å². The van der Waals surface area contributed by atoms with E-state index in [1.807, 2.05) is 24.5 Å². The Bertz CT molecular complexity index is 419. The van der Waals surface area contributed by atoms with Crippen molar-refractivity contribution in [2.24, 2.45) is 0 Å². The van der Waals surface area contributed by atoms with E-state index in [1.165, 1.54) is 0 Å². The Morgan fingerprint density at radius 2 is 2.25 bits per heavy atom. The molecule has 0 aliphatic rings. The molecule has 0 aliphatic heterocycles. The molecule has 2 heterocycles. The van der Waals surface area contributed by atoms with Crippen LogP contribution in [0.3, 0.4) is 0 Å². The molecule has 0 saturated heterocycles. The number of nitrogens with zero attached hydrogens (tertiary/aromatic N) is 1. The van der Waals surface area contributed by atoms with E-state index in [9.17, 15) is 0 Å². The third kappa shape index (κ3) is 2.52. The van der Waals surface area contributed by atoms with Gasteiger partial charge in [0.1, 0.15) is 11.5 Å². The number of aromatic nitrogens is 2. The van der Waals surface area contributed by atoms with Crippen molar-refractivity contribution in [3.8, 4) is 0 Å². The number of hydrogen-bond donors (Lipinski definition) is 2.